The zero-order valence-corrected chi connectivity index (χ0v) is 12.8. The number of hydrogen-bond acceptors (Lipinski definition) is 0. The van der Waals surface area contributed by atoms with E-state index in [1.807, 2.05) is 0 Å². The summed E-state index contributed by atoms with van der Waals surface area (Å²) in [7, 11) is 0.942. The van der Waals surface area contributed by atoms with E-state index in [0.29, 0.717) is 0 Å². The summed E-state index contributed by atoms with van der Waals surface area (Å²) in [5, 5.41) is 2.96. The summed E-state index contributed by atoms with van der Waals surface area (Å²) in [4.78, 5) is 0. The molecule has 0 fully saturated rings. The molecule has 1 aromatic carbocycles. The zero-order chi connectivity index (χ0) is 11.2. The van der Waals surface area contributed by atoms with Gasteiger partial charge in [-0.15, -0.1) is 0 Å². The second-order valence-electron chi connectivity index (χ2n) is 4.99. The fourth-order valence-corrected chi connectivity index (χ4v) is 7.34. The minimum absolute atomic E-state index is 1.25. The minimum Gasteiger partial charge on any atom is -0.351 e. The highest BCUT2D eigenvalue weighted by Gasteiger charge is 2.25. The molecule has 0 radical (unpaired) electrons. The quantitative estimate of drug-likeness (QED) is 0.559. The molecule has 0 spiro atoms. The van der Waals surface area contributed by atoms with Gasteiger partial charge in [0.05, 0.1) is 8.07 Å². The lowest BCUT2D eigenvalue weighted by Gasteiger charge is -2.18. The van der Waals surface area contributed by atoms with Crippen LogP contribution in [0.25, 0.3) is 10.9 Å². The van der Waals surface area contributed by atoms with E-state index in [2.05, 4.69) is 78.1 Å². The Morgan fingerprint density at radius 2 is 1.73 bits per heavy atom. The Labute approximate surface area is 106 Å². The molecule has 0 bridgehead atoms. The first kappa shape index (κ1) is 11.2. The Hall–Kier alpha value is -0.293. The highest BCUT2D eigenvalue weighted by molar-refractivity contribution is 14.1. The summed E-state index contributed by atoms with van der Waals surface area (Å²) in [6.07, 6.45) is 0. The molecule has 15 heavy (non-hydrogen) atoms. The molecule has 0 N–H and O–H groups in total. The second-order valence-corrected chi connectivity index (χ2v) is 11.0. The Kier molecular flexibility index (Phi) is 2.71. The van der Waals surface area contributed by atoms with Gasteiger partial charge in [0.1, 0.15) is 0 Å². The highest BCUT2D eigenvalue weighted by Crippen LogP contribution is 2.23. The van der Waals surface area contributed by atoms with Crippen molar-refractivity contribution < 1.29 is 0 Å². The lowest BCUT2D eigenvalue weighted by Crippen LogP contribution is -2.43. The topological polar surface area (TPSA) is 4.93 Å². The van der Waals surface area contributed by atoms with Crippen molar-refractivity contribution in [3.05, 3.63) is 27.8 Å². The summed E-state index contributed by atoms with van der Waals surface area (Å²) < 4.78 is 3.83. The van der Waals surface area contributed by atoms with Crippen LogP contribution in [0, 0.1) is 3.57 Å². The molecule has 1 nitrogen and oxygen atoms in total. The molecule has 3 heteroatoms. The third-order valence-corrected chi connectivity index (χ3v) is 6.36. The smallest absolute Gasteiger partial charge is 0.0999 e. The third kappa shape index (κ3) is 1.76. The van der Waals surface area contributed by atoms with E-state index in [1.165, 1.54) is 14.5 Å². The van der Waals surface area contributed by atoms with Crippen LogP contribution in [0.2, 0.25) is 19.6 Å². The summed E-state index contributed by atoms with van der Waals surface area (Å²) >= 11 is 2.50. The minimum atomic E-state index is -1.25. The van der Waals surface area contributed by atoms with Crippen LogP contribution in [0.1, 0.15) is 0 Å². The Morgan fingerprint density at radius 3 is 2.27 bits per heavy atom. The van der Waals surface area contributed by atoms with Crippen molar-refractivity contribution in [2.45, 2.75) is 19.6 Å². The van der Waals surface area contributed by atoms with Crippen molar-refractivity contribution in [1.82, 2.24) is 4.57 Å². The second kappa shape index (κ2) is 3.63. The zero-order valence-electron chi connectivity index (χ0n) is 9.63. The van der Waals surface area contributed by atoms with Crippen molar-refractivity contribution in [1.29, 1.82) is 0 Å². The number of hydrogen-bond donors (Lipinski definition) is 0. The summed E-state index contributed by atoms with van der Waals surface area (Å²) in [5.74, 6) is 0. The molecular formula is C12H16INSi. The van der Waals surface area contributed by atoms with Gasteiger partial charge in [-0.3, -0.25) is 0 Å². The molecule has 0 aliphatic heterocycles. The first-order valence-corrected chi connectivity index (χ1v) is 9.74. The van der Waals surface area contributed by atoms with E-state index in [4.69, 9.17) is 0 Å². The van der Waals surface area contributed by atoms with Crippen molar-refractivity contribution in [2.75, 3.05) is 0 Å². The monoisotopic (exact) mass is 329 g/mol. The molecule has 0 amide bonds. The van der Waals surface area contributed by atoms with Gasteiger partial charge in [0.15, 0.2) is 0 Å². The van der Waals surface area contributed by atoms with Crippen molar-refractivity contribution in [2.24, 2.45) is 7.05 Å². The van der Waals surface area contributed by atoms with Crippen LogP contribution >= 0.6 is 22.6 Å². The molecule has 0 aliphatic rings. The number of fused-ring (bicyclic) bond motifs is 1. The number of aromatic nitrogens is 1. The van der Waals surface area contributed by atoms with Gasteiger partial charge in [0.2, 0.25) is 0 Å². The molecule has 2 aromatic rings. The lowest BCUT2D eigenvalue weighted by atomic mass is 10.2. The molecule has 80 valence electrons. The molecule has 0 saturated heterocycles. The van der Waals surface area contributed by atoms with Crippen LogP contribution in [-0.4, -0.2) is 12.6 Å². The molecule has 1 heterocycles. The number of aryl methyl sites for hydroxylation is 1. The van der Waals surface area contributed by atoms with Gasteiger partial charge >= 0.3 is 0 Å². The maximum atomic E-state index is 2.50. The van der Waals surface area contributed by atoms with Gasteiger partial charge in [-0.1, -0.05) is 37.8 Å². The van der Waals surface area contributed by atoms with Crippen LogP contribution < -0.4 is 5.32 Å². The maximum Gasteiger partial charge on any atom is 0.0999 e. The number of halogens is 1. The SMILES string of the molecule is Cn1c([Si](C)(C)C)c(I)c2ccccc21. The fraction of sp³-hybridized carbons (Fsp3) is 0.333. The fourth-order valence-electron chi connectivity index (χ4n) is 2.18. The molecular weight excluding hydrogens is 313 g/mol. The predicted octanol–water partition coefficient (Wildman–Crippen LogP) is 3.33. The van der Waals surface area contributed by atoms with Crippen molar-refractivity contribution in [3.8, 4) is 0 Å². The molecule has 0 aliphatic carbocycles. The largest absolute Gasteiger partial charge is 0.351 e. The molecule has 0 unspecified atom stereocenters. The average Bonchev–Trinajstić information content (AvgIpc) is 2.39. The number of para-hydroxylation sites is 1. The number of nitrogens with zero attached hydrogens (tertiary/aromatic N) is 1. The third-order valence-electron chi connectivity index (χ3n) is 2.76. The van der Waals surface area contributed by atoms with Crippen LogP contribution in [0.4, 0.5) is 0 Å². The van der Waals surface area contributed by atoms with Crippen molar-refractivity contribution in [3.63, 3.8) is 0 Å². The van der Waals surface area contributed by atoms with E-state index in [1.54, 1.807) is 5.32 Å². The van der Waals surface area contributed by atoms with Gasteiger partial charge in [0.25, 0.3) is 0 Å². The molecule has 0 saturated carbocycles. The van der Waals surface area contributed by atoms with Gasteiger partial charge in [-0.05, 0) is 28.7 Å². The van der Waals surface area contributed by atoms with Crippen LogP contribution in [-0.2, 0) is 7.05 Å². The number of rotatable bonds is 1. The normalized spacial score (nSPS) is 12.3. The van der Waals surface area contributed by atoms with Crippen LogP contribution in [0.5, 0.6) is 0 Å². The summed E-state index contributed by atoms with van der Waals surface area (Å²) in [6.45, 7) is 7.22. The first-order valence-electron chi connectivity index (χ1n) is 5.16. The standard InChI is InChI=1S/C12H16INSi/c1-14-10-8-6-5-7-9(10)11(13)12(14)15(2,3)4/h5-8H,1-4H3. The predicted molar refractivity (Wildman–Crippen MR) is 78.6 cm³/mol. The molecule has 0 atom stereocenters. The molecule has 2 rings (SSSR count). The van der Waals surface area contributed by atoms with E-state index < -0.39 is 8.07 Å². The van der Waals surface area contributed by atoms with Gasteiger partial charge in [-0.2, -0.15) is 0 Å². The van der Waals surface area contributed by atoms with Crippen LogP contribution in [0.15, 0.2) is 24.3 Å². The number of benzene rings is 1. The van der Waals surface area contributed by atoms with Crippen LogP contribution in [0.3, 0.4) is 0 Å². The summed E-state index contributed by atoms with van der Waals surface area (Å²) in [6, 6.07) is 8.67. The summed E-state index contributed by atoms with van der Waals surface area (Å²) in [5.41, 5.74) is 1.36. The van der Waals surface area contributed by atoms with E-state index in [9.17, 15) is 0 Å². The lowest BCUT2D eigenvalue weighted by molar-refractivity contribution is 0.993. The van der Waals surface area contributed by atoms with Gasteiger partial charge < -0.3 is 4.57 Å². The Morgan fingerprint density at radius 1 is 1.13 bits per heavy atom. The Balaban J connectivity index is 2.87. The maximum absolute atomic E-state index is 2.50. The first-order chi connectivity index (χ1) is 6.93. The highest BCUT2D eigenvalue weighted by atomic mass is 127. The van der Waals surface area contributed by atoms with E-state index >= 15 is 0 Å². The van der Waals surface area contributed by atoms with E-state index in [-0.39, 0.29) is 0 Å². The van der Waals surface area contributed by atoms with E-state index in [0.717, 1.165) is 0 Å². The van der Waals surface area contributed by atoms with Crippen molar-refractivity contribution >= 4 is 46.9 Å². The average molecular weight is 329 g/mol. The van der Waals surface area contributed by atoms with Gasteiger partial charge in [-0.25, -0.2) is 0 Å². The molecule has 1 aromatic heterocycles. The van der Waals surface area contributed by atoms with Gasteiger partial charge in [0, 0.05) is 26.8 Å². The Bertz CT molecular complexity index is 469.